The molecular formula is C33H50N4O9. The lowest BCUT2D eigenvalue weighted by Gasteiger charge is -2.31. The number of methoxy groups -OCH3 is 2. The molecule has 0 unspecified atom stereocenters. The number of nitrogens with one attached hydrogen (secondary N) is 2. The van der Waals surface area contributed by atoms with Crippen LogP contribution >= 0.6 is 0 Å². The number of carbonyl (C=O) groups excluding carboxylic acids is 3. The van der Waals surface area contributed by atoms with Crippen LogP contribution in [0.3, 0.4) is 0 Å². The lowest BCUT2D eigenvalue weighted by molar-refractivity contribution is -0.112. The summed E-state index contributed by atoms with van der Waals surface area (Å²) in [6.07, 6.45) is 2.68. The maximum absolute atomic E-state index is 13.2. The third-order valence-electron chi connectivity index (χ3n) is 7.96. The number of benzene rings is 1. The first kappa shape index (κ1) is 38.3. The van der Waals surface area contributed by atoms with Crippen LogP contribution in [0.1, 0.15) is 52.2 Å². The fourth-order valence-corrected chi connectivity index (χ4v) is 5.22. The molecule has 1 heterocycles. The Balaban J connectivity index is 2.65. The van der Waals surface area contributed by atoms with Gasteiger partial charge in [0.05, 0.1) is 24.0 Å². The van der Waals surface area contributed by atoms with Crippen molar-refractivity contribution in [1.82, 2.24) is 10.2 Å². The predicted octanol–water partition coefficient (Wildman–Crippen LogP) is 4.02. The van der Waals surface area contributed by atoms with Crippen molar-refractivity contribution in [3.05, 3.63) is 53.1 Å². The molecule has 1 aliphatic rings. The van der Waals surface area contributed by atoms with E-state index in [0.29, 0.717) is 30.7 Å². The second-order valence-electron chi connectivity index (χ2n) is 11.6. The van der Waals surface area contributed by atoms with Crippen LogP contribution in [0, 0.1) is 11.8 Å². The number of hydrogen-bond donors (Lipinski definition) is 5. The number of aliphatic hydroxyl groups excluding tert-OH is 1. The Hall–Kier alpha value is -3.91. The quantitative estimate of drug-likeness (QED) is 0.214. The van der Waals surface area contributed by atoms with Gasteiger partial charge in [-0.1, -0.05) is 38.2 Å². The average Bonchev–Trinajstić information content (AvgIpc) is 3.00. The fourth-order valence-electron chi connectivity index (χ4n) is 5.22. The predicted molar refractivity (Wildman–Crippen MR) is 175 cm³/mol. The summed E-state index contributed by atoms with van der Waals surface area (Å²) >= 11 is 0. The van der Waals surface area contributed by atoms with Crippen LogP contribution in [-0.4, -0.2) is 92.9 Å². The summed E-state index contributed by atoms with van der Waals surface area (Å²) in [4.78, 5) is 39.0. The number of nitrogens with zero attached hydrogens (tertiary/aromatic N) is 1. The molecule has 256 valence electrons. The molecule has 6 N–H and O–H groups in total. The van der Waals surface area contributed by atoms with Crippen LogP contribution in [0.25, 0.3) is 0 Å². The SMILES string of the molecule is CNCCN(C)C(=O)Oc1cc2c(O)c(c1)[C@H](OC)[C@@H](C)C[C@H](OC)[C@H](O)[C@@H](C)/C=C(\C)[C@H](OC(N)=O)C/C=C\C=C(/C)C(=O)N2. The minimum atomic E-state index is -0.957. The molecule has 0 aliphatic carbocycles. The molecule has 13 heteroatoms. The first-order valence-electron chi connectivity index (χ1n) is 15.2. The molecule has 13 nitrogen and oxygen atoms in total. The van der Waals surface area contributed by atoms with E-state index in [1.807, 2.05) is 19.9 Å². The molecule has 0 saturated heterocycles. The van der Waals surface area contributed by atoms with Gasteiger partial charge >= 0.3 is 12.2 Å². The number of nitrogens with two attached hydrogens (primary N) is 1. The third kappa shape index (κ3) is 10.9. The summed E-state index contributed by atoms with van der Waals surface area (Å²) in [7, 11) is 6.34. The standard InChI is InChI=1S/C33H50N4O9/c1-19-11-9-10-12-26(46-32(34)41)20(2)15-21(3)28(38)27(43-7)16-22(4)30(44-8)24-17-23(18-25(29(24)39)36-31(19)40)45-33(42)37(6)14-13-35-5/h9-11,15,17-18,21-22,26-28,30,35,38-39H,12-14,16H2,1-8H3,(H2,34,41)(H,36,40)/b10-9-,19-11+,20-15+/t21-,22-,26+,27-,28+,30+/m0/s1. The number of carbonyl (C=O) groups is 3. The summed E-state index contributed by atoms with van der Waals surface area (Å²) in [6, 6.07) is 2.87. The number of phenols is 1. The molecule has 0 saturated carbocycles. The average molecular weight is 647 g/mol. The number of likely N-dealkylation sites (N-methyl/N-ethyl adjacent to an activating group) is 2. The molecule has 46 heavy (non-hydrogen) atoms. The van der Waals surface area contributed by atoms with Crippen LogP contribution in [0.2, 0.25) is 0 Å². The van der Waals surface area contributed by atoms with Crippen molar-refractivity contribution in [3.63, 3.8) is 0 Å². The number of aromatic hydroxyl groups is 1. The molecule has 1 aromatic rings. The minimum absolute atomic E-state index is 0.0127. The zero-order chi connectivity index (χ0) is 34.6. The summed E-state index contributed by atoms with van der Waals surface area (Å²) in [5, 5.41) is 28.4. The Labute approximate surface area is 271 Å². The summed E-state index contributed by atoms with van der Waals surface area (Å²) in [5.74, 6) is -1.44. The minimum Gasteiger partial charge on any atom is -0.505 e. The van der Waals surface area contributed by atoms with Crippen molar-refractivity contribution in [2.75, 3.05) is 46.7 Å². The second-order valence-corrected chi connectivity index (χ2v) is 11.6. The number of allylic oxidation sites excluding steroid dienone is 2. The topological polar surface area (TPSA) is 182 Å². The number of amides is 3. The number of hydrogen-bond acceptors (Lipinski definition) is 10. The van der Waals surface area contributed by atoms with E-state index in [1.54, 1.807) is 46.2 Å². The van der Waals surface area contributed by atoms with Crippen molar-refractivity contribution in [1.29, 1.82) is 0 Å². The molecule has 3 amide bonds. The van der Waals surface area contributed by atoms with E-state index < -0.39 is 48.4 Å². The van der Waals surface area contributed by atoms with Crippen molar-refractivity contribution < 1.29 is 43.5 Å². The van der Waals surface area contributed by atoms with Gasteiger partial charge in [0.25, 0.3) is 5.91 Å². The smallest absolute Gasteiger partial charge is 0.415 e. The maximum Gasteiger partial charge on any atom is 0.415 e. The highest BCUT2D eigenvalue weighted by molar-refractivity contribution is 6.04. The Kier molecular flexibility index (Phi) is 15.2. The monoisotopic (exact) mass is 646 g/mol. The summed E-state index contributed by atoms with van der Waals surface area (Å²) in [5.41, 5.74) is 6.59. The largest absolute Gasteiger partial charge is 0.505 e. The van der Waals surface area contributed by atoms with E-state index in [1.165, 1.54) is 31.3 Å². The number of aliphatic hydroxyl groups is 1. The molecule has 0 radical (unpaired) electrons. The summed E-state index contributed by atoms with van der Waals surface area (Å²) < 4.78 is 22.5. The van der Waals surface area contributed by atoms with Gasteiger partial charge in [-0.25, -0.2) is 9.59 Å². The van der Waals surface area contributed by atoms with Crippen LogP contribution in [0.5, 0.6) is 11.5 Å². The number of ether oxygens (including phenoxy) is 4. The normalized spacial score (nSPS) is 27.7. The van der Waals surface area contributed by atoms with Gasteiger partial charge < -0.3 is 50.4 Å². The Morgan fingerprint density at radius 1 is 1.17 bits per heavy atom. The maximum atomic E-state index is 13.2. The van der Waals surface area contributed by atoms with E-state index in [2.05, 4.69) is 10.6 Å². The number of rotatable bonds is 7. The van der Waals surface area contributed by atoms with E-state index in [4.69, 9.17) is 24.7 Å². The molecule has 0 fully saturated rings. The van der Waals surface area contributed by atoms with Crippen LogP contribution in [0.4, 0.5) is 15.3 Å². The highest BCUT2D eigenvalue weighted by Crippen LogP contribution is 2.42. The molecule has 0 aromatic heterocycles. The van der Waals surface area contributed by atoms with Crippen molar-refractivity contribution in [2.24, 2.45) is 17.6 Å². The molecule has 2 rings (SSSR count). The number of primary amides is 1. The highest BCUT2D eigenvalue weighted by atomic mass is 16.6. The molecule has 1 aromatic carbocycles. The third-order valence-corrected chi connectivity index (χ3v) is 7.96. The van der Waals surface area contributed by atoms with E-state index in [0.717, 1.165) is 0 Å². The zero-order valence-corrected chi connectivity index (χ0v) is 28.0. The Morgan fingerprint density at radius 3 is 2.48 bits per heavy atom. The van der Waals surface area contributed by atoms with Gasteiger partial charge in [-0.3, -0.25) is 4.79 Å². The van der Waals surface area contributed by atoms with Crippen molar-refractivity contribution in [3.8, 4) is 11.5 Å². The second kappa shape index (κ2) is 18.3. The molecule has 0 spiro atoms. The summed E-state index contributed by atoms with van der Waals surface area (Å²) in [6.45, 7) is 8.02. The zero-order valence-electron chi connectivity index (χ0n) is 28.0. The molecule has 1 aliphatic heterocycles. The number of phenolic OH excluding ortho intramolecular Hbond substituents is 1. The van der Waals surface area contributed by atoms with Crippen LogP contribution in [0.15, 0.2) is 47.6 Å². The number of fused-ring (bicyclic) bond motifs is 2. The molecule has 6 atom stereocenters. The van der Waals surface area contributed by atoms with Gasteiger partial charge in [0.2, 0.25) is 0 Å². The first-order chi connectivity index (χ1) is 21.7. The van der Waals surface area contributed by atoms with Gasteiger partial charge in [0.1, 0.15) is 17.6 Å². The fraction of sp³-hybridized carbons (Fsp3) is 0.545. The van der Waals surface area contributed by atoms with Gasteiger partial charge in [-0.15, -0.1) is 0 Å². The van der Waals surface area contributed by atoms with Gasteiger partial charge in [0.15, 0.2) is 0 Å². The first-order valence-corrected chi connectivity index (χ1v) is 15.2. The lowest BCUT2D eigenvalue weighted by Crippen LogP contribution is -2.36. The Bertz CT molecular complexity index is 1300. The van der Waals surface area contributed by atoms with E-state index >= 15 is 0 Å². The molecule has 2 bridgehead atoms. The van der Waals surface area contributed by atoms with Crippen molar-refractivity contribution in [2.45, 2.75) is 65.0 Å². The number of anilines is 1. The Morgan fingerprint density at radius 2 is 1.87 bits per heavy atom. The van der Waals surface area contributed by atoms with Gasteiger partial charge in [-0.05, 0) is 44.9 Å². The van der Waals surface area contributed by atoms with E-state index in [-0.39, 0.29) is 35.1 Å². The van der Waals surface area contributed by atoms with E-state index in [9.17, 15) is 24.6 Å². The van der Waals surface area contributed by atoms with Crippen LogP contribution in [-0.2, 0) is 19.0 Å². The van der Waals surface area contributed by atoms with Crippen molar-refractivity contribution >= 4 is 23.8 Å². The molecular weight excluding hydrogens is 596 g/mol. The van der Waals surface area contributed by atoms with Gasteiger partial charge in [0, 0.05) is 63.9 Å². The highest BCUT2D eigenvalue weighted by Gasteiger charge is 2.32. The lowest BCUT2D eigenvalue weighted by atomic mass is 9.86. The van der Waals surface area contributed by atoms with Gasteiger partial charge in [-0.2, -0.15) is 0 Å². The van der Waals surface area contributed by atoms with Crippen LogP contribution < -0.4 is 21.1 Å².